The van der Waals surface area contributed by atoms with E-state index in [4.69, 9.17) is 5.26 Å². The summed E-state index contributed by atoms with van der Waals surface area (Å²) in [5.41, 5.74) is 2.79. The number of nitrogens with zero attached hydrogens (tertiary/aromatic N) is 2. The topological polar surface area (TPSA) is 48.2 Å². The van der Waals surface area contributed by atoms with Gasteiger partial charge in [0.2, 0.25) is 0 Å². The lowest BCUT2D eigenvalue weighted by molar-refractivity contribution is 0.679. The normalized spacial score (nSPS) is 10.4. The number of hydrogen-bond acceptors (Lipinski definition) is 3. The van der Waals surface area contributed by atoms with Gasteiger partial charge in [0.05, 0.1) is 12.5 Å². The number of nitrogens with one attached hydrogen (secondary N) is 1. The van der Waals surface area contributed by atoms with Gasteiger partial charge in [-0.05, 0) is 12.3 Å². The van der Waals surface area contributed by atoms with Gasteiger partial charge in [0.1, 0.15) is 0 Å². The standard InChI is InChI=1S/C8H15N3/c1-8(2)4-7-11-10-6-3-5-9/h7-8,10H,3-4,6H2,1-2H3/b11-7+. The highest BCUT2D eigenvalue weighted by atomic mass is 15.3. The summed E-state index contributed by atoms with van der Waals surface area (Å²) in [7, 11) is 0. The number of hydrogen-bond donors (Lipinski definition) is 1. The summed E-state index contributed by atoms with van der Waals surface area (Å²) in [6.45, 7) is 4.92. The molecule has 0 aromatic rings. The van der Waals surface area contributed by atoms with Gasteiger partial charge >= 0.3 is 0 Å². The molecule has 0 unspecified atom stereocenters. The zero-order valence-electron chi connectivity index (χ0n) is 7.17. The van der Waals surface area contributed by atoms with Gasteiger partial charge in [-0.3, -0.25) is 0 Å². The molecule has 3 heteroatoms. The first-order valence-electron chi connectivity index (χ1n) is 3.88. The molecule has 1 N–H and O–H groups in total. The number of hydrazone groups is 1. The van der Waals surface area contributed by atoms with Crippen LogP contribution in [0.4, 0.5) is 0 Å². The molecular formula is C8H15N3. The fourth-order valence-electron chi connectivity index (χ4n) is 0.504. The fraction of sp³-hybridized carbons (Fsp3) is 0.750. The Labute approximate surface area is 68.1 Å². The van der Waals surface area contributed by atoms with Gasteiger partial charge in [0, 0.05) is 12.8 Å². The molecule has 3 nitrogen and oxygen atoms in total. The predicted molar refractivity (Wildman–Crippen MR) is 46.2 cm³/mol. The maximum Gasteiger partial charge on any atom is 0.0640 e. The van der Waals surface area contributed by atoms with Crippen LogP contribution >= 0.6 is 0 Å². The highest BCUT2D eigenvalue weighted by molar-refractivity contribution is 5.56. The molecule has 0 aromatic carbocycles. The first-order chi connectivity index (χ1) is 5.27. The molecule has 0 spiro atoms. The van der Waals surface area contributed by atoms with Gasteiger partial charge in [-0.2, -0.15) is 10.4 Å². The van der Waals surface area contributed by atoms with E-state index in [-0.39, 0.29) is 0 Å². The molecule has 0 fully saturated rings. The molecule has 0 rings (SSSR count). The van der Waals surface area contributed by atoms with Gasteiger partial charge < -0.3 is 5.43 Å². The monoisotopic (exact) mass is 153 g/mol. The van der Waals surface area contributed by atoms with E-state index < -0.39 is 0 Å². The fourth-order valence-corrected chi connectivity index (χ4v) is 0.504. The lowest BCUT2D eigenvalue weighted by Gasteiger charge is -1.96. The van der Waals surface area contributed by atoms with Gasteiger partial charge in [-0.15, -0.1) is 0 Å². The van der Waals surface area contributed by atoms with Crippen LogP contribution in [0.5, 0.6) is 0 Å². The summed E-state index contributed by atoms with van der Waals surface area (Å²) in [5, 5.41) is 12.1. The lowest BCUT2D eigenvalue weighted by atomic mass is 10.2. The van der Waals surface area contributed by atoms with Crippen LogP contribution < -0.4 is 5.43 Å². The highest BCUT2D eigenvalue weighted by Gasteiger charge is 1.86. The van der Waals surface area contributed by atoms with E-state index in [0.29, 0.717) is 18.9 Å². The molecule has 0 aliphatic rings. The summed E-state index contributed by atoms with van der Waals surface area (Å²) in [4.78, 5) is 0. The van der Waals surface area contributed by atoms with E-state index in [2.05, 4.69) is 24.4 Å². The van der Waals surface area contributed by atoms with Crippen molar-refractivity contribution in [2.45, 2.75) is 26.7 Å². The molecular weight excluding hydrogens is 138 g/mol. The summed E-state index contributed by atoms with van der Waals surface area (Å²) in [6.07, 6.45) is 3.35. The minimum Gasteiger partial charge on any atom is -0.309 e. The zero-order chi connectivity index (χ0) is 8.53. The van der Waals surface area contributed by atoms with Crippen LogP contribution in [-0.4, -0.2) is 12.8 Å². The summed E-state index contributed by atoms with van der Waals surface area (Å²) in [5.74, 6) is 0.650. The highest BCUT2D eigenvalue weighted by Crippen LogP contribution is 1.93. The summed E-state index contributed by atoms with van der Waals surface area (Å²) in [6, 6.07) is 2.03. The maximum absolute atomic E-state index is 8.17. The molecule has 11 heavy (non-hydrogen) atoms. The van der Waals surface area contributed by atoms with Crippen molar-refractivity contribution in [1.29, 1.82) is 5.26 Å². The van der Waals surface area contributed by atoms with Crippen molar-refractivity contribution >= 4 is 6.21 Å². The second-order valence-corrected chi connectivity index (χ2v) is 2.76. The molecule has 0 saturated carbocycles. The Kier molecular flexibility index (Phi) is 6.40. The van der Waals surface area contributed by atoms with Crippen LogP contribution in [0.3, 0.4) is 0 Å². The molecule has 62 valence electrons. The van der Waals surface area contributed by atoms with Gasteiger partial charge in [-0.1, -0.05) is 13.8 Å². The second kappa shape index (κ2) is 7.07. The molecule has 0 amide bonds. The van der Waals surface area contributed by atoms with Crippen molar-refractivity contribution in [2.24, 2.45) is 11.0 Å². The quantitative estimate of drug-likeness (QED) is 0.370. The van der Waals surface area contributed by atoms with E-state index >= 15 is 0 Å². The number of rotatable bonds is 5. The van der Waals surface area contributed by atoms with E-state index in [9.17, 15) is 0 Å². The minimum atomic E-state index is 0.513. The van der Waals surface area contributed by atoms with Gasteiger partial charge in [0.25, 0.3) is 0 Å². The Hall–Kier alpha value is -1.04. The summed E-state index contributed by atoms with van der Waals surface area (Å²) < 4.78 is 0. The van der Waals surface area contributed by atoms with E-state index in [0.717, 1.165) is 6.42 Å². The second-order valence-electron chi connectivity index (χ2n) is 2.76. The van der Waals surface area contributed by atoms with Crippen LogP contribution in [0, 0.1) is 17.2 Å². The third kappa shape index (κ3) is 8.96. The van der Waals surface area contributed by atoms with E-state index in [1.54, 1.807) is 0 Å². The SMILES string of the molecule is CC(C)C/C=N/NCCC#N. The largest absolute Gasteiger partial charge is 0.309 e. The average molecular weight is 153 g/mol. The predicted octanol–water partition coefficient (Wildman–Crippen LogP) is 1.52. The van der Waals surface area contributed by atoms with E-state index in [1.807, 2.05) is 12.3 Å². The van der Waals surface area contributed by atoms with Crippen molar-refractivity contribution in [3.63, 3.8) is 0 Å². The molecule has 0 saturated heterocycles. The molecule has 0 aliphatic heterocycles. The molecule has 0 bridgehead atoms. The molecule has 0 aliphatic carbocycles. The van der Waals surface area contributed by atoms with Crippen LogP contribution in [0.1, 0.15) is 26.7 Å². The third-order valence-corrected chi connectivity index (χ3v) is 1.11. The molecule has 0 atom stereocenters. The van der Waals surface area contributed by atoms with Crippen molar-refractivity contribution in [1.82, 2.24) is 5.43 Å². The van der Waals surface area contributed by atoms with Crippen molar-refractivity contribution in [2.75, 3.05) is 6.54 Å². The first-order valence-corrected chi connectivity index (χ1v) is 3.88. The maximum atomic E-state index is 8.17. The Balaban J connectivity index is 3.11. The minimum absolute atomic E-state index is 0.513. The Morgan fingerprint density at radius 1 is 1.64 bits per heavy atom. The number of nitriles is 1. The lowest BCUT2D eigenvalue weighted by Crippen LogP contribution is -2.06. The van der Waals surface area contributed by atoms with Crippen LogP contribution in [-0.2, 0) is 0 Å². The molecule has 0 heterocycles. The van der Waals surface area contributed by atoms with Crippen LogP contribution in [0.25, 0.3) is 0 Å². The van der Waals surface area contributed by atoms with Gasteiger partial charge in [0.15, 0.2) is 0 Å². The Morgan fingerprint density at radius 2 is 2.36 bits per heavy atom. The van der Waals surface area contributed by atoms with Crippen LogP contribution in [0.2, 0.25) is 0 Å². The average Bonchev–Trinajstić information content (AvgIpc) is 1.96. The van der Waals surface area contributed by atoms with Gasteiger partial charge in [-0.25, -0.2) is 0 Å². The smallest absolute Gasteiger partial charge is 0.0640 e. The van der Waals surface area contributed by atoms with Crippen molar-refractivity contribution in [3.05, 3.63) is 0 Å². The molecule has 0 aromatic heterocycles. The first kappa shape index (κ1) is 9.96. The van der Waals surface area contributed by atoms with Crippen molar-refractivity contribution in [3.8, 4) is 6.07 Å². The summed E-state index contributed by atoms with van der Waals surface area (Å²) >= 11 is 0. The molecule has 0 radical (unpaired) electrons. The third-order valence-electron chi connectivity index (χ3n) is 1.11. The zero-order valence-corrected chi connectivity index (χ0v) is 7.17. The van der Waals surface area contributed by atoms with Crippen LogP contribution in [0.15, 0.2) is 5.10 Å². The van der Waals surface area contributed by atoms with Crippen molar-refractivity contribution < 1.29 is 0 Å². The van der Waals surface area contributed by atoms with E-state index in [1.165, 1.54) is 0 Å². The Bertz CT molecular complexity index is 144. The Morgan fingerprint density at radius 3 is 2.91 bits per heavy atom.